The Labute approximate surface area is 168 Å². The first-order valence-corrected chi connectivity index (χ1v) is 9.37. The molecule has 1 N–H and O–H groups in total. The molecule has 2 rings (SSSR count). The molecule has 9 heteroatoms. The fourth-order valence-corrected chi connectivity index (χ4v) is 2.92. The molecule has 1 fully saturated rings. The largest absolute Gasteiger partial charge is 0.465 e. The summed E-state index contributed by atoms with van der Waals surface area (Å²) in [6.07, 6.45) is -3.45. The summed E-state index contributed by atoms with van der Waals surface area (Å²) in [6, 6.07) is 1.70. The van der Waals surface area contributed by atoms with Gasteiger partial charge < -0.3 is 14.9 Å². The average Bonchev–Trinajstić information content (AvgIpc) is 2.62. The Balaban J connectivity index is 2.12. The summed E-state index contributed by atoms with van der Waals surface area (Å²) in [5.41, 5.74) is -1.02. The molecule has 1 saturated heterocycles. The van der Waals surface area contributed by atoms with Crippen LogP contribution in [0.2, 0.25) is 0 Å². The summed E-state index contributed by atoms with van der Waals surface area (Å²) in [7, 11) is 1.13. The van der Waals surface area contributed by atoms with E-state index in [0.29, 0.717) is 31.5 Å². The normalized spacial score (nSPS) is 16.4. The first kappa shape index (κ1) is 23.0. The summed E-state index contributed by atoms with van der Waals surface area (Å²) in [5.74, 6) is -1.15. The third kappa shape index (κ3) is 5.85. The molecule has 0 spiro atoms. The molecule has 0 saturated carbocycles. The van der Waals surface area contributed by atoms with Crippen LogP contribution in [0.4, 0.5) is 18.9 Å². The number of nitrogens with zero attached hydrogens (tertiary/aromatic N) is 1. The average molecular weight is 416 g/mol. The number of nitrogens with one attached hydrogen (secondary N) is 1. The summed E-state index contributed by atoms with van der Waals surface area (Å²) in [5, 5.41) is 4.68. The van der Waals surface area contributed by atoms with Crippen molar-refractivity contribution in [2.24, 2.45) is 5.41 Å². The smallest absolute Gasteiger partial charge is 0.416 e. The number of esters is 1. The number of ether oxygens (including phenoxy) is 1. The zero-order valence-corrected chi connectivity index (χ0v) is 17.3. The first-order chi connectivity index (χ1) is 13.3. The predicted molar refractivity (Wildman–Crippen MR) is 101 cm³/mol. The van der Waals surface area contributed by atoms with E-state index in [1.807, 2.05) is 0 Å². The number of hydroxylamine groups is 2. The van der Waals surface area contributed by atoms with Gasteiger partial charge >= 0.3 is 18.1 Å². The Morgan fingerprint density at radius 3 is 2.21 bits per heavy atom. The van der Waals surface area contributed by atoms with Gasteiger partial charge in [-0.3, -0.25) is 0 Å². The minimum Gasteiger partial charge on any atom is -0.465 e. The van der Waals surface area contributed by atoms with Crippen molar-refractivity contribution in [2.75, 3.05) is 25.5 Å². The van der Waals surface area contributed by atoms with E-state index >= 15 is 0 Å². The van der Waals surface area contributed by atoms with E-state index < -0.39 is 23.1 Å². The number of anilines is 1. The molecule has 1 aliphatic heterocycles. The second-order valence-corrected chi connectivity index (χ2v) is 8.16. The van der Waals surface area contributed by atoms with Gasteiger partial charge in [0.1, 0.15) is 0 Å². The van der Waals surface area contributed by atoms with E-state index in [9.17, 15) is 22.8 Å². The molecule has 0 unspecified atom stereocenters. The van der Waals surface area contributed by atoms with Crippen LogP contribution in [-0.4, -0.2) is 43.2 Å². The highest BCUT2D eigenvalue weighted by Gasteiger charge is 2.34. The minimum atomic E-state index is -4.59. The van der Waals surface area contributed by atoms with Crippen molar-refractivity contribution in [1.82, 2.24) is 5.06 Å². The second-order valence-electron chi connectivity index (χ2n) is 8.16. The first-order valence-electron chi connectivity index (χ1n) is 9.37. The van der Waals surface area contributed by atoms with Crippen molar-refractivity contribution in [2.45, 2.75) is 52.8 Å². The van der Waals surface area contributed by atoms with Crippen LogP contribution >= 0.6 is 0 Å². The highest BCUT2D eigenvalue weighted by atomic mass is 19.4. The predicted octanol–water partition coefficient (Wildman–Crippen LogP) is 4.18. The molecule has 0 atom stereocenters. The van der Waals surface area contributed by atoms with Gasteiger partial charge in [-0.25, -0.2) is 9.59 Å². The highest BCUT2D eigenvalue weighted by molar-refractivity contribution is 5.93. The van der Waals surface area contributed by atoms with E-state index in [2.05, 4.69) is 10.1 Å². The Bertz CT molecular complexity index is 764. The lowest BCUT2D eigenvalue weighted by molar-refractivity contribution is -0.204. The maximum absolute atomic E-state index is 13.3. The van der Waals surface area contributed by atoms with Crippen LogP contribution in [0.1, 0.15) is 55.1 Å². The molecule has 0 radical (unpaired) electrons. The SMILES string of the molecule is COC(=O)c1cc(C(F)(F)F)cc(NC2CCN(OC(=O)C(C)(C)C)CC2)c1C. The lowest BCUT2D eigenvalue weighted by Gasteiger charge is -2.33. The summed E-state index contributed by atoms with van der Waals surface area (Å²) >= 11 is 0. The van der Waals surface area contributed by atoms with Gasteiger partial charge in [0.25, 0.3) is 0 Å². The van der Waals surface area contributed by atoms with Crippen LogP contribution in [0.25, 0.3) is 0 Å². The molecular formula is C20H27F3N2O4. The number of carbonyl (C=O) groups is 2. The molecule has 1 heterocycles. The summed E-state index contributed by atoms with van der Waals surface area (Å²) < 4.78 is 44.4. The molecule has 0 bridgehead atoms. The lowest BCUT2D eigenvalue weighted by atomic mass is 9.97. The van der Waals surface area contributed by atoms with Gasteiger partial charge in [-0.05, 0) is 58.2 Å². The van der Waals surface area contributed by atoms with Crippen molar-refractivity contribution >= 4 is 17.6 Å². The van der Waals surface area contributed by atoms with E-state index in [4.69, 9.17) is 4.84 Å². The molecular weight excluding hydrogens is 389 g/mol. The summed E-state index contributed by atoms with van der Waals surface area (Å²) in [4.78, 5) is 29.3. The standard InChI is InChI=1S/C20H27F3N2O4/c1-12-15(17(26)28-5)10-13(20(21,22)23)11-16(12)24-14-6-8-25(9-7-14)29-18(27)19(2,3)4/h10-11,14,24H,6-9H2,1-5H3. The number of benzene rings is 1. The Morgan fingerprint density at radius 2 is 1.72 bits per heavy atom. The number of alkyl halides is 3. The fraction of sp³-hybridized carbons (Fsp3) is 0.600. The van der Waals surface area contributed by atoms with Crippen LogP contribution in [0.5, 0.6) is 0 Å². The van der Waals surface area contributed by atoms with Crippen LogP contribution < -0.4 is 5.32 Å². The number of halogens is 3. The monoisotopic (exact) mass is 416 g/mol. The van der Waals surface area contributed by atoms with Gasteiger partial charge in [0.2, 0.25) is 0 Å². The van der Waals surface area contributed by atoms with Gasteiger partial charge in [0.15, 0.2) is 0 Å². The van der Waals surface area contributed by atoms with Gasteiger partial charge in [-0.15, -0.1) is 5.06 Å². The quantitative estimate of drug-likeness (QED) is 0.743. The Morgan fingerprint density at radius 1 is 1.14 bits per heavy atom. The molecule has 0 aromatic heterocycles. The Hall–Kier alpha value is -2.29. The number of carbonyl (C=O) groups excluding carboxylic acids is 2. The van der Waals surface area contributed by atoms with Crippen molar-refractivity contribution < 1.29 is 32.3 Å². The van der Waals surface area contributed by atoms with Crippen LogP contribution in [-0.2, 0) is 20.5 Å². The van der Waals surface area contributed by atoms with E-state index in [1.165, 1.54) is 0 Å². The number of rotatable bonds is 4. The second kappa shape index (κ2) is 8.61. The molecule has 0 aliphatic carbocycles. The van der Waals surface area contributed by atoms with Gasteiger partial charge in [0.05, 0.1) is 23.7 Å². The molecule has 1 aromatic rings. The number of hydrogen-bond acceptors (Lipinski definition) is 6. The molecule has 29 heavy (non-hydrogen) atoms. The van der Waals surface area contributed by atoms with Crippen LogP contribution in [0.3, 0.4) is 0 Å². The van der Waals surface area contributed by atoms with E-state index in [0.717, 1.165) is 19.2 Å². The topological polar surface area (TPSA) is 67.9 Å². The summed E-state index contributed by atoms with van der Waals surface area (Å²) in [6.45, 7) is 7.79. The van der Waals surface area contributed by atoms with Gasteiger partial charge in [-0.2, -0.15) is 13.2 Å². The molecule has 6 nitrogen and oxygen atoms in total. The number of hydrogen-bond donors (Lipinski definition) is 1. The Kier molecular flexibility index (Phi) is 6.82. The van der Waals surface area contributed by atoms with E-state index in [-0.39, 0.29) is 23.3 Å². The molecule has 1 aliphatic rings. The van der Waals surface area contributed by atoms with Gasteiger partial charge in [0, 0.05) is 24.8 Å². The van der Waals surface area contributed by atoms with Gasteiger partial charge in [-0.1, -0.05) is 0 Å². The zero-order valence-electron chi connectivity index (χ0n) is 17.3. The zero-order chi connectivity index (χ0) is 22.0. The van der Waals surface area contributed by atoms with Crippen molar-refractivity contribution in [3.63, 3.8) is 0 Å². The van der Waals surface area contributed by atoms with Crippen LogP contribution in [0.15, 0.2) is 12.1 Å². The van der Waals surface area contributed by atoms with Crippen LogP contribution in [0, 0.1) is 12.3 Å². The highest BCUT2D eigenvalue weighted by Crippen LogP contribution is 2.35. The minimum absolute atomic E-state index is 0.118. The fourth-order valence-electron chi connectivity index (χ4n) is 2.92. The maximum atomic E-state index is 13.3. The lowest BCUT2D eigenvalue weighted by Crippen LogP contribution is -2.42. The van der Waals surface area contributed by atoms with Crippen molar-refractivity contribution in [3.8, 4) is 0 Å². The number of piperidine rings is 1. The van der Waals surface area contributed by atoms with Crippen molar-refractivity contribution in [3.05, 3.63) is 28.8 Å². The van der Waals surface area contributed by atoms with Crippen molar-refractivity contribution in [1.29, 1.82) is 0 Å². The third-order valence-corrected chi connectivity index (χ3v) is 4.78. The maximum Gasteiger partial charge on any atom is 0.416 e. The molecule has 0 amide bonds. The van der Waals surface area contributed by atoms with E-state index in [1.54, 1.807) is 32.8 Å². The number of methoxy groups -OCH3 is 1. The third-order valence-electron chi connectivity index (χ3n) is 4.78. The molecule has 1 aromatic carbocycles. The molecule has 162 valence electrons.